The van der Waals surface area contributed by atoms with Gasteiger partial charge in [0.2, 0.25) is 0 Å². The first kappa shape index (κ1) is 21.1. The first-order valence-corrected chi connectivity index (χ1v) is 11.2. The molecule has 0 aliphatic rings. The zero-order valence-corrected chi connectivity index (χ0v) is 17.9. The van der Waals surface area contributed by atoms with Gasteiger partial charge in [0.25, 0.3) is 21.8 Å². The highest BCUT2D eigenvalue weighted by molar-refractivity contribution is 7.92. The Morgan fingerprint density at radius 2 is 1.41 bits per heavy atom. The van der Waals surface area contributed by atoms with Crippen molar-refractivity contribution in [3.63, 3.8) is 0 Å². The van der Waals surface area contributed by atoms with Crippen LogP contribution in [0.25, 0.3) is 10.9 Å². The molecule has 8 nitrogen and oxygen atoms in total. The number of anilines is 1. The molecule has 0 atom stereocenters. The van der Waals surface area contributed by atoms with E-state index in [1.165, 1.54) is 24.3 Å². The summed E-state index contributed by atoms with van der Waals surface area (Å²) in [6.45, 7) is 0. The van der Waals surface area contributed by atoms with Crippen LogP contribution in [0, 0.1) is 0 Å². The van der Waals surface area contributed by atoms with Crippen molar-refractivity contribution < 1.29 is 18.0 Å². The summed E-state index contributed by atoms with van der Waals surface area (Å²) >= 11 is 0. The van der Waals surface area contributed by atoms with Crippen molar-refractivity contribution in [2.75, 3.05) is 4.72 Å². The van der Waals surface area contributed by atoms with Crippen LogP contribution in [0.2, 0.25) is 0 Å². The van der Waals surface area contributed by atoms with Gasteiger partial charge >= 0.3 is 0 Å². The summed E-state index contributed by atoms with van der Waals surface area (Å²) in [5.41, 5.74) is 6.71. The number of nitrogens with one attached hydrogen (secondary N) is 3. The van der Waals surface area contributed by atoms with E-state index >= 15 is 0 Å². The van der Waals surface area contributed by atoms with Crippen LogP contribution in [0.15, 0.2) is 90.0 Å². The number of aryl methyl sites for hydroxylation is 1. The molecular formula is C23H20N4O4S. The van der Waals surface area contributed by atoms with Gasteiger partial charge in [0.05, 0.1) is 10.5 Å². The van der Waals surface area contributed by atoms with Gasteiger partial charge in [-0.1, -0.05) is 36.4 Å². The van der Waals surface area contributed by atoms with Gasteiger partial charge in [0, 0.05) is 35.4 Å². The van der Waals surface area contributed by atoms with Gasteiger partial charge in [-0.05, 0) is 42.5 Å². The lowest BCUT2D eigenvalue weighted by Gasteiger charge is -2.09. The number of rotatable bonds is 5. The molecule has 3 N–H and O–H groups in total. The topological polar surface area (TPSA) is 109 Å². The van der Waals surface area contributed by atoms with Crippen LogP contribution < -0.4 is 15.6 Å². The Morgan fingerprint density at radius 1 is 0.781 bits per heavy atom. The Bertz CT molecular complexity index is 1400. The molecule has 0 radical (unpaired) electrons. The normalized spacial score (nSPS) is 11.2. The zero-order valence-electron chi connectivity index (χ0n) is 17.1. The second-order valence-electron chi connectivity index (χ2n) is 7.07. The van der Waals surface area contributed by atoms with Gasteiger partial charge < -0.3 is 4.57 Å². The van der Waals surface area contributed by atoms with Crippen LogP contribution in [0.3, 0.4) is 0 Å². The van der Waals surface area contributed by atoms with Crippen molar-refractivity contribution in [2.45, 2.75) is 4.90 Å². The lowest BCUT2D eigenvalue weighted by atomic mass is 10.2. The third kappa shape index (κ3) is 4.33. The van der Waals surface area contributed by atoms with Crippen LogP contribution in [0.4, 0.5) is 5.69 Å². The third-order valence-electron chi connectivity index (χ3n) is 4.88. The standard InChI is InChI=1S/C23H20N4O4S/c1-27-15-20(19-9-5-6-10-21(19)27)23(29)25-24-22(28)16-11-13-18(14-12-16)32(30,31)26-17-7-3-2-4-8-17/h2-15,26H,1H3,(H,24,28)(H,25,29). The summed E-state index contributed by atoms with van der Waals surface area (Å²) in [4.78, 5) is 25.0. The first-order valence-electron chi connectivity index (χ1n) is 9.68. The van der Waals surface area contributed by atoms with E-state index in [4.69, 9.17) is 0 Å². The third-order valence-corrected chi connectivity index (χ3v) is 6.28. The molecule has 0 aliphatic heterocycles. The number of carbonyl (C=O) groups is 2. The quantitative estimate of drug-likeness (QED) is 0.408. The van der Waals surface area contributed by atoms with Crippen LogP contribution in [-0.4, -0.2) is 24.8 Å². The Hall–Kier alpha value is -4.11. The number of para-hydroxylation sites is 2. The molecule has 0 bridgehead atoms. The van der Waals surface area contributed by atoms with Crippen molar-refractivity contribution in [1.82, 2.24) is 15.4 Å². The summed E-state index contributed by atoms with van der Waals surface area (Å²) in [6.07, 6.45) is 1.69. The molecule has 9 heteroatoms. The largest absolute Gasteiger partial charge is 0.350 e. The number of sulfonamides is 1. The van der Waals surface area contributed by atoms with Crippen molar-refractivity contribution in [3.05, 3.63) is 96.2 Å². The number of fused-ring (bicyclic) bond motifs is 1. The molecule has 0 saturated carbocycles. The lowest BCUT2D eigenvalue weighted by Crippen LogP contribution is -2.41. The molecule has 0 aliphatic carbocycles. The van der Waals surface area contributed by atoms with Crippen molar-refractivity contribution >= 4 is 38.4 Å². The molecule has 162 valence electrons. The van der Waals surface area contributed by atoms with E-state index < -0.39 is 21.8 Å². The zero-order chi connectivity index (χ0) is 22.7. The molecule has 4 rings (SSSR count). The minimum Gasteiger partial charge on any atom is -0.350 e. The predicted octanol–water partition coefficient (Wildman–Crippen LogP) is 3.05. The first-order chi connectivity index (χ1) is 15.3. The van der Waals surface area contributed by atoms with Crippen LogP contribution in [0.1, 0.15) is 20.7 Å². The summed E-state index contributed by atoms with van der Waals surface area (Å²) in [6, 6.07) is 21.3. The SMILES string of the molecule is Cn1cc(C(=O)NNC(=O)c2ccc(S(=O)(=O)Nc3ccccc3)cc2)c2ccccc21. The maximum absolute atomic E-state index is 12.5. The van der Waals surface area contributed by atoms with E-state index in [1.807, 2.05) is 35.9 Å². The van der Waals surface area contributed by atoms with Crippen molar-refractivity contribution in [1.29, 1.82) is 0 Å². The fourth-order valence-electron chi connectivity index (χ4n) is 3.28. The summed E-state index contributed by atoms with van der Waals surface area (Å²) in [5.74, 6) is -1.03. The molecule has 1 aromatic heterocycles. The molecule has 2 amide bonds. The fourth-order valence-corrected chi connectivity index (χ4v) is 4.34. The summed E-state index contributed by atoms with van der Waals surface area (Å²) < 4.78 is 29.3. The van der Waals surface area contributed by atoms with Gasteiger partial charge in [-0.3, -0.25) is 25.2 Å². The number of hydrazine groups is 1. The highest BCUT2D eigenvalue weighted by Crippen LogP contribution is 2.20. The van der Waals surface area contributed by atoms with E-state index in [9.17, 15) is 18.0 Å². The minimum absolute atomic E-state index is 0.0118. The fraction of sp³-hybridized carbons (Fsp3) is 0.0435. The van der Waals surface area contributed by atoms with Crippen LogP contribution in [0.5, 0.6) is 0 Å². The second kappa shape index (κ2) is 8.56. The number of hydrogen-bond acceptors (Lipinski definition) is 4. The van der Waals surface area contributed by atoms with E-state index in [0.717, 1.165) is 10.9 Å². The highest BCUT2D eigenvalue weighted by atomic mass is 32.2. The average Bonchev–Trinajstić information content (AvgIpc) is 3.14. The molecule has 0 fully saturated rings. The number of benzene rings is 3. The van der Waals surface area contributed by atoms with Gasteiger partial charge in [-0.25, -0.2) is 8.42 Å². The number of amides is 2. The Balaban J connectivity index is 1.42. The predicted molar refractivity (Wildman–Crippen MR) is 122 cm³/mol. The monoisotopic (exact) mass is 448 g/mol. The Kier molecular flexibility index (Phi) is 5.65. The molecule has 32 heavy (non-hydrogen) atoms. The van der Waals surface area contributed by atoms with E-state index in [2.05, 4.69) is 15.6 Å². The number of carbonyl (C=O) groups excluding carboxylic acids is 2. The molecule has 0 spiro atoms. The van der Waals surface area contributed by atoms with Crippen LogP contribution >= 0.6 is 0 Å². The van der Waals surface area contributed by atoms with Crippen molar-refractivity contribution in [3.8, 4) is 0 Å². The lowest BCUT2D eigenvalue weighted by molar-refractivity contribution is 0.0847. The maximum Gasteiger partial charge on any atom is 0.271 e. The number of hydrogen-bond donors (Lipinski definition) is 3. The molecular weight excluding hydrogens is 428 g/mol. The molecule has 0 saturated heterocycles. The van der Waals surface area contributed by atoms with E-state index in [0.29, 0.717) is 11.3 Å². The molecule has 0 unspecified atom stereocenters. The minimum atomic E-state index is -3.79. The van der Waals surface area contributed by atoms with E-state index in [-0.39, 0.29) is 10.5 Å². The summed E-state index contributed by atoms with van der Waals surface area (Å²) in [5, 5.41) is 0.766. The summed E-state index contributed by atoms with van der Waals surface area (Å²) in [7, 11) is -1.96. The van der Waals surface area contributed by atoms with E-state index in [1.54, 1.807) is 36.5 Å². The Morgan fingerprint density at radius 3 is 2.12 bits per heavy atom. The Labute approximate surface area is 184 Å². The average molecular weight is 449 g/mol. The second-order valence-corrected chi connectivity index (χ2v) is 8.76. The van der Waals surface area contributed by atoms with Gasteiger partial charge in [-0.2, -0.15) is 0 Å². The smallest absolute Gasteiger partial charge is 0.271 e. The van der Waals surface area contributed by atoms with Gasteiger partial charge in [0.1, 0.15) is 0 Å². The molecule has 1 heterocycles. The van der Waals surface area contributed by atoms with Gasteiger partial charge in [-0.15, -0.1) is 0 Å². The molecule has 3 aromatic carbocycles. The number of nitrogens with zero attached hydrogens (tertiary/aromatic N) is 1. The van der Waals surface area contributed by atoms with Crippen LogP contribution in [-0.2, 0) is 17.1 Å². The maximum atomic E-state index is 12.5. The molecule has 4 aromatic rings. The van der Waals surface area contributed by atoms with Crippen molar-refractivity contribution in [2.24, 2.45) is 7.05 Å². The highest BCUT2D eigenvalue weighted by Gasteiger charge is 2.17. The van der Waals surface area contributed by atoms with Gasteiger partial charge in [0.15, 0.2) is 0 Å². The number of aromatic nitrogens is 1.